The molecule has 0 radical (unpaired) electrons. The van der Waals surface area contributed by atoms with E-state index in [-0.39, 0.29) is 29.7 Å². The van der Waals surface area contributed by atoms with Gasteiger partial charge in [0.15, 0.2) is 0 Å². The fourth-order valence-corrected chi connectivity index (χ4v) is 5.17. The van der Waals surface area contributed by atoms with Crippen LogP contribution in [0.15, 0.2) is 47.4 Å². The van der Waals surface area contributed by atoms with E-state index in [0.29, 0.717) is 49.1 Å². The summed E-state index contributed by atoms with van der Waals surface area (Å²) in [6, 6.07) is 6.81. The first kappa shape index (κ1) is 23.9. The predicted octanol–water partition coefficient (Wildman–Crippen LogP) is 3.23. The van der Waals surface area contributed by atoms with Crippen LogP contribution in [0.1, 0.15) is 60.7 Å². The van der Waals surface area contributed by atoms with Gasteiger partial charge >= 0.3 is 0 Å². The molecule has 188 valence electrons. The van der Waals surface area contributed by atoms with Crippen LogP contribution in [-0.2, 0) is 4.79 Å². The van der Waals surface area contributed by atoms with E-state index >= 15 is 0 Å². The molecule has 10 nitrogen and oxygen atoms in total. The molecule has 1 saturated heterocycles. The third-order valence-corrected chi connectivity index (χ3v) is 7.06. The molecule has 3 aromatic rings. The van der Waals surface area contributed by atoms with Crippen LogP contribution in [0.25, 0.3) is 11.4 Å². The molecule has 5 rings (SSSR count). The molecule has 1 aliphatic heterocycles. The largest absolute Gasteiger partial charge is 0.481 e. The lowest BCUT2D eigenvalue weighted by molar-refractivity contribution is -0.126. The van der Waals surface area contributed by atoms with E-state index in [0.717, 1.165) is 31.2 Å². The maximum atomic E-state index is 13.7. The number of nitrogens with zero attached hydrogens (tertiary/aromatic N) is 5. The molecule has 3 unspecified atom stereocenters. The van der Waals surface area contributed by atoms with Gasteiger partial charge in [0.25, 0.3) is 5.91 Å². The van der Waals surface area contributed by atoms with Gasteiger partial charge in [0, 0.05) is 55.3 Å². The zero-order chi connectivity index (χ0) is 24.9. The monoisotopic (exact) mass is 490 g/mol. The lowest BCUT2D eigenvalue weighted by Gasteiger charge is -2.32. The molecule has 2 amide bonds. The van der Waals surface area contributed by atoms with Crippen LogP contribution < -0.4 is 10.1 Å². The first-order chi connectivity index (χ1) is 17.6. The summed E-state index contributed by atoms with van der Waals surface area (Å²) in [7, 11) is 1.54. The zero-order valence-electron chi connectivity index (χ0n) is 20.3. The Morgan fingerprint density at radius 2 is 2.03 bits per heavy atom. The summed E-state index contributed by atoms with van der Waals surface area (Å²) in [5.74, 6) is 0.751. The summed E-state index contributed by atoms with van der Waals surface area (Å²) in [6.45, 7) is 1.23. The summed E-state index contributed by atoms with van der Waals surface area (Å²) < 4.78 is 10.8. The molecule has 10 heteroatoms. The molecule has 0 bridgehead atoms. The summed E-state index contributed by atoms with van der Waals surface area (Å²) in [5, 5.41) is 7.23. The van der Waals surface area contributed by atoms with Crippen LogP contribution in [-0.4, -0.2) is 63.1 Å². The second-order valence-corrected chi connectivity index (χ2v) is 9.33. The van der Waals surface area contributed by atoms with Gasteiger partial charge in [0.1, 0.15) is 0 Å². The van der Waals surface area contributed by atoms with E-state index < -0.39 is 0 Å². The van der Waals surface area contributed by atoms with Gasteiger partial charge in [0.2, 0.25) is 23.5 Å². The summed E-state index contributed by atoms with van der Waals surface area (Å²) >= 11 is 0. The third-order valence-electron chi connectivity index (χ3n) is 7.06. The Morgan fingerprint density at radius 3 is 2.81 bits per heavy atom. The standard InChI is InChI=1S/C26H30N6O4/c1-35-22-9-8-18(16-29-22)26(34)32-12-5-3-2-4-11-28-24(33)20-13-19(14-21(20)32)25-30-23(31-36-25)17-7-6-10-27-15-17/h6-10,15-16,19-21H,2-5,11-14H2,1H3,(H,28,33). The van der Waals surface area contributed by atoms with Gasteiger partial charge in [-0.2, -0.15) is 4.98 Å². The van der Waals surface area contributed by atoms with Gasteiger partial charge in [-0.1, -0.05) is 18.0 Å². The maximum Gasteiger partial charge on any atom is 0.255 e. The Balaban J connectivity index is 1.43. The molecule has 0 aromatic carbocycles. The first-order valence-electron chi connectivity index (χ1n) is 12.5. The number of ether oxygens (including phenoxy) is 1. The molecular weight excluding hydrogens is 460 g/mol. The number of nitrogens with one attached hydrogen (secondary N) is 1. The van der Waals surface area contributed by atoms with Crippen LogP contribution in [0.4, 0.5) is 0 Å². The van der Waals surface area contributed by atoms with E-state index in [4.69, 9.17) is 9.26 Å². The molecular formula is C26H30N6O4. The molecule has 4 heterocycles. The van der Waals surface area contributed by atoms with Gasteiger partial charge in [-0.05, 0) is 43.9 Å². The first-order valence-corrected chi connectivity index (χ1v) is 12.5. The fraction of sp³-hybridized carbons (Fsp3) is 0.462. The quantitative estimate of drug-likeness (QED) is 0.591. The fourth-order valence-electron chi connectivity index (χ4n) is 5.17. The number of amides is 2. The second-order valence-electron chi connectivity index (χ2n) is 9.33. The van der Waals surface area contributed by atoms with Gasteiger partial charge in [0.05, 0.1) is 18.6 Å². The van der Waals surface area contributed by atoms with Crippen molar-refractivity contribution in [1.29, 1.82) is 0 Å². The predicted molar refractivity (Wildman–Crippen MR) is 130 cm³/mol. The molecule has 3 aromatic heterocycles. The lowest BCUT2D eigenvalue weighted by Crippen LogP contribution is -2.47. The number of hydrogen-bond donors (Lipinski definition) is 1. The van der Waals surface area contributed by atoms with Crippen molar-refractivity contribution in [2.24, 2.45) is 5.92 Å². The Morgan fingerprint density at radius 1 is 1.14 bits per heavy atom. The number of carbonyl (C=O) groups is 2. The molecule has 1 aliphatic carbocycles. The summed E-state index contributed by atoms with van der Waals surface area (Å²) in [6.07, 6.45) is 9.84. The normalized spacial score (nSPS) is 22.9. The van der Waals surface area contributed by atoms with Crippen molar-refractivity contribution in [2.45, 2.75) is 50.5 Å². The highest BCUT2D eigenvalue weighted by Gasteiger charge is 2.45. The van der Waals surface area contributed by atoms with Gasteiger partial charge in [-0.25, -0.2) is 4.98 Å². The Kier molecular flexibility index (Phi) is 7.20. The number of hydrogen-bond acceptors (Lipinski definition) is 8. The van der Waals surface area contributed by atoms with Crippen molar-refractivity contribution in [2.75, 3.05) is 20.2 Å². The van der Waals surface area contributed by atoms with E-state index in [1.54, 1.807) is 24.5 Å². The number of carbonyl (C=O) groups excluding carboxylic acids is 2. The molecule has 1 N–H and O–H groups in total. The number of aromatic nitrogens is 4. The molecule has 36 heavy (non-hydrogen) atoms. The second kappa shape index (κ2) is 10.8. The highest BCUT2D eigenvalue weighted by atomic mass is 16.5. The van der Waals surface area contributed by atoms with E-state index in [2.05, 4.69) is 25.4 Å². The molecule has 2 aliphatic rings. The maximum absolute atomic E-state index is 13.7. The molecule has 1 saturated carbocycles. The highest BCUT2D eigenvalue weighted by Crippen LogP contribution is 2.42. The minimum absolute atomic E-state index is 0.0259. The van der Waals surface area contributed by atoms with Crippen LogP contribution in [0.5, 0.6) is 5.88 Å². The average Bonchev–Trinajstić information content (AvgIpc) is 3.58. The Labute approximate surface area is 209 Å². The smallest absolute Gasteiger partial charge is 0.255 e. The number of rotatable bonds is 4. The van der Waals surface area contributed by atoms with Crippen LogP contribution in [0.2, 0.25) is 0 Å². The average molecular weight is 491 g/mol. The van der Waals surface area contributed by atoms with E-state index in [1.807, 2.05) is 17.0 Å². The SMILES string of the molecule is COc1ccc(C(=O)N2CCCCCCNC(=O)C3CC(c4nc(-c5cccnc5)no4)CC32)cn1. The van der Waals surface area contributed by atoms with Crippen molar-refractivity contribution < 1.29 is 18.8 Å². The number of methoxy groups -OCH3 is 1. The van der Waals surface area contributed by atoms with Gasteiger partial charge in [-0.15, -0.1) is 0 Å². The van der Waals surface area contributed by atoms with Crippen LogP contribution >= 0.6 is 0 Å². The molecule has 3 atom stereocenters. The summed E-state index contributed by atoms with van der Waals surface area (Å²) in [4.78, 5) is 41.8. The van der Waals surface area contributed by atoms with Crippen molar-refractivity contribution in [1.82, 2.24) is 30.3 Å². The summed E-state index contributed by atoms with van der Waals surface area (Å²) in [5.41, 5.74) is 1.24. The molecule has 2 fully saturated rings. The Bertz CT molecular complexity index is 1180. The third kappa shape index (κ3) is 5.07. The number of fused-ring (bicyclic) bond motifs is 1. The van der Waals surface area contributed by atoms with Crippen LogP contribution in [0, 0.1) is 5.92 Å². The number of pyridine rings is 2. The van der Waals surface area contributed by atoms with E-state index in [1.165, 1.54) is 13.3 Å². The Hall–Kier alpha value is -3.82. The van der Waals surface area contributed by atoms with Crippen molar-refractivity contribution in [3.63, 3.8) is 0 Å². The van der Waals surface area contributed by atoms with Crippen molar-refractivity contribution >= 4 is 11.8 Å². The van der Waals surface area contributed by atoms with Crippen LogP contribution in [0.3, 0.4) is 0 Å². The van der Waals surface area contributed by atoms with Crippen molar-refractivity contribution in [3.8, 4) is 17.3 Å². The lowest BCUT2D eigenvalue weighted by atomic mass is 9.99. The minimum Gasteiger partial charge on any atom is -0.481 e. The van der Waals surface area contributed by atoms with Gasteiger partial charge < -0.3 is 19.5 Å². The van der Waals surface area contributed by atoms with Crippen molar-refractivity contribution in [3.05, 3.63) is 54.3 Å². The van der Waals surface area contributed by atoms with E-state index in [9.17, 15) is 9.59 Å². The zero-order valence-corrected chi connectivity index (χ0v) is 20.3. The topological polar surface area (TPSA) is 123 Å². The highest BCUT2D eigenvalue weighted by molar-refractivity contribution is 5.94. The minimum atomic E-state index is -0.364. The molecule has 0 spiro atoms. The van der Waals surface area contributed by atoms with Gasteiger partial charge in [-0.3, -0.25) is 14.6 Å².